The summed E-state index contributed by atoms with van der Waals surface area (Å²) in [7, 11) is 2.98. The van der Waals surface area contributed by atoms with Crippen molar-refractivity contribution >= 4 is 29.0 Å². The van der Waals surface area contributed by atoms with Crippen molar-refractivity contribution in [3.05, 3.63) is 66.5 Å². The van der Waals surface area contributed by atoms with Gasteiger partial charge < -0.3 is 20.1 Å². The zero-order valence-corrected chi connectivity index (χ0v) is 14.4. The van der Waals surface area contributed by atoms with E-state index in [2.05, 4.69) is 20.6 Å². The van der Waals surface area contributed by atoms with Gasteiger partial charge in [-0.1, -0.05) is 6.07 Å². The number of anilines is 4. The molecule has 3 rings (SSSR count). The smallest absolute Gasteiger partial charge is 0.337 e. The second-order valence-corrected chi connectivity index (χ2v) is 5.34. The predicted octanol–water partition coefficient (Wildman–Crippen LogP) is 3.76. The van der Waals surface area contributed by atoms with Crippen molar-refractivity contribution in [3.63, 3.8) is 0 Å². The number of rotatable bonds is 6. The molecule has 0 bridgehead atoms. The van der Waals surface area contributed by atoms with E-state index in [1.54, 1.807) is 31.4 Å². The summed E-state index contributed by atoms with van der Waals surface area (Å²) in [6.07, 6.45) is 1.46. The van der Waals surface area contributed by atoms with Crippen LogP contribution in [0.2, 0.25) is 0 Å². The van der Waals surface area contributed by atoms with E-state index < -0.39 is 5.97 Å². The third-order valence-electron chi connectivity index (χ3n) is 3.59. The SMILES string of the molecule is COC(=O)c1cccc(Nc2cc(Nc3ccc(OC)cc3)ncn2)c1. The molecule has 0 aliphatic heterocycles. The fourth-order valence-electron chi connectivity index (χ4n) is 2.31. The maximum atomic E-state index is 11.6. The molecular formula is C19H18N4O3. The molecular weight excluding hydrogens is 332 g/mol. The Hall–Kier alpha value is -3.61. The highest BCUT2D eigenvalue weighted by atomic mass is 16.5. The highest BCUT2D eigenvalue weighted by molar-refractivity contribution is 5.90. The molecule has 0 amide bonds. The summed E-state index contributed by atoms with van der Waals surface area (Å²) in [5, 5.41) is 6.35. The Morgan fingerprint density at radius 1 is 0.885 bits per heavy atom. The van der Waals surface area contributed by atoms with Crippen molar-refractivity contribution in [1.82, 2.24) is 9.97 Å². The molecule has 0 spiro atoms. The lowest BCUT2D eigenvalue weighted by Gasteiger charge is -2.10. The second kappa shape index (κ2) is 7.98. The van der Waals surface area contributed by atoms with Crippen LogP contribution in [0.4, 0.5) is 23.0 Å². The minimum Gasteiger partial charge on any atom is -0.497 e. The average molecular weight is 350 g/mol. The number of carbonyl (C=O) groups is 1. The highest BCUT2D eigenvalue weighted by Crippen LogP contribution is 2.21. The predicted molar refractivity (Wildman–Crippen MR) is 99.4 cm³/mol. The van der Waals surface area contributed by atoms with Gasteiger partial charge in [0.25, 0.3) is 0 Å². The van der Waals surface area contributed by atoms with E-state index in [-0.39, 0.29) is 0 Å². The molecule has 1 heterocycles. The van der Waals surface area contributed by atoms with Crippen LogP contribution in [0.25, 0.3) is 0 Å². The second-order valence-electron chi connectivity index (χ2n) is 5.34. The van der Waals surface area contributed by atoms with Crippen molar-refractivity contribution in [3.8, 4) is 5.75 Å². The molecule has 7 heteroatoms. The molecule has 2 aromatic carbocycles. The molecule has 0 saturated heterocycles. The van der Waals surface area contributed by atoms with E-state index in [1.165, 1.54) is 13.4 Å². The Kier molecular flexibility index (Phi) is 5.28. The van der Waals surface area contributed by atoms with Gasteiger partial charge in [0.1, 0.15) is 23.7 Å². The largest absolute Gasteiger partial charge is 0.497 e. The Bertz CT molecular complexity index is 897. The first kappa shape index (κ1) is 17.2. The van der Waals surface area contributed by atoms with Crippen LogP contribution in [-0.2, 0) is 4.74 Å². The van der Waals surface area contributed by atoms with Crippen LogP contribution in [-0.4, -0.2) is 30.2 Å². The summed E-state index contributed by atoms with van der Waals surface area (Å²) in [6.45, 7) is 0. The van der Waals surface area contributed by atoms with Crippen molar-refractivity contribution < 1.29 is 14.3 Å². The summed E-state index contributed by atoms with van der Waals surface area (Å²) in [5.74, 6) is 1.62. The van der Waals surface area contributed by atoms with Gasteiger partial charge in [-0.2, -0.15) is 0 Å². The van der Waals surface area contributed by atoms with Crippen LogP contribution < -0.4 is 15.4 Å². The Morgan fingerprint density at radius 3 is 2.23 bits per heavy atom. The Balaban J connectivity index is 1.73. The van der Waals surface area contributed by atoms with Gasteiger partial charge in [-0.3, -0.25) is 0 Å². The van der Waals surface area contributed by atoms with E-state index in [1.807, 2.05) is 30.3 Å². The molecule has 0 fully saturated rings. The van der Waals surface area contributed by atoms with Gasteiger partial charge in [-0.05, 0) is 42.5 Å². The molecule has 2 N–H and O–H groups in total. The first-order valence-electron chi connectivity index (χ1n) is 7.86. The van der Waals surface area contributed by atoms with E-state index in [0.717, 1.165) is 17.1 Å². The van der Waals surface area contributed by atoms with Crippen LogP contribution in [0.1, 0.15) is 10.4 Å². The molecule has 26 heavy (non-hydrogen) atoms. The quantitative estimate of drug-likeness (QED) is 0.655. The first-order chi connectivity index (χ1) is 12.7. The summed E-state index contributed by atoms with van der Waals surface area (Å²) < 4.78 is 9.88. The zero-order chi connectivity index (χ0) is 18.4. The standard InChI is InChI=1S/C19H18N4O3/c1-25-16-8-6-14(7-9-16)22-17-11-18(21-12-20-17)23-15-5-3-4-13(10-15)19(24)26-2/h3-12H,1-2H3,(H2,20,21,22,23). The van der Waals surface area contributed by atoms with Crippen molar-refractivity contribution in [1.29, 1.82) is 0 Å². The molecule has 7 nitrogen and oxygen atoms in total. The molecule has 132 valence electrons. The minimum atomic E-state index is -0.391. The number of esters is 1. The Labute approximate surface area is 151 Å². The molecule has 1 aromatic heterocycles. The number of hydrogen-bond donors (Lipinski definition) is 2. The molecule has 3 aromatic rings. The summed E-state index contributed by atoms with van der Waals surface area (Å²) >= 11 is 0. The third kappa shape index (κ3) is 4.27. The van der Waals surface area contributed by atoms with E-state index in [4.69, 9.17) is 9.47 Å². The molecule has 0 unspecified atom stereocenters. The number of ether oxygens (including phenoxy) is 2. The number of nitrogens with zero attached hydrogens (tertiary/aromatic N) is 2. The Morgan fingerprint density at radius 2 is 1.58 bits per heavy atom. The zero-order valence-electron chi connectivity index (χ0n) is 14.4. The number of aromatic nitrogens is 2. The molecule has 0 aliphatic carbocycles. The normalized spacial score (nSPS) is 10.1. The summed E-state index contributed by atoms with van der Waals surface area (Å²) in [5.41, 5.74) is 2.06. The van der Waals surface area contributed by atoms with E-state index in [0.29, 0.717) is 17.2 Å². The monoisotopic (exact) mass is 350 g/mol. The molecule has 0 aliphatic rings. The lowest BCUT2D eigenvalue weighted by molar-refractivity contribution is 0.0601. The number of methoxy groups -OCH3 is 2. The van der Waals surface area contributed by atoms with Crippen molar-refractivity contribution in [2.45, 2.75) is 0 Å². The van der Waals surface area contributed by atoms with Crippen LogP contribution in [0.5, 0.6) is 5.75 Å². The van der Waals surface area contributed by atoms with E-state index >= 15 is 0 Å². The number of benzene rings is 2. The number of carbonyl (C=O) groups excluding carboxylic acids is 1. The fraction of sp³-hybridized carbons (Fsp3) is 0.105. The van der Waals surface area contributed by atoms with Gasteiger partial charge in [-0.15, -0.1) is 0 Å². The van der Waals surface area contributed by atoms with Crippen molar-refractivity contribution in [2.24, 2.45) is 0 Å². The number of hydrogen-bond acceptors (Lipinski definition) is 7. The van der Waals surface area contributed by atoms with Gasteiger partial charge in [0, 0.05) is 17.4 Å². The van der Waals surface area contributed by atoms with Gasteiger partial charge >= 0.3 is 5.97 Å². The van der Waals surface area contributed by atoms with Crippen LogP contribution in [0.15, 0.2) is 60.9 Å². The van der Waals surface area contributed by atoms with Crippen LogP contribution >= 0.6 is 0 Å². The minimum absolute atomic E-state index is 0.391. The maximum absolute atomic E-state index is 11.6. The summed E-state index contributed by atoms with van der Waals surface area (Å²) in [4.78, 5) is 20.0. The average Bonchev–Trinajstić information content (AvgIpc) is 2.68. The van der Waals surface area contributed by atoms with Gasteiger partial charge in [0.2, 0.25) is 0 Å². The summed E-state index contributed by atoms with van der Waals surface area (Å²) in [6, 6.07) is 16.3. The van der Waals surface area contributed by atoms with Gasteiger partial charge in [-0.25, -0.2) is 14.8 Å². The van der Waals surface area contributed by atoms with Crippen molar-refractivity contribution in [2.75, 3.05) is 24.9 Å². The molecule has 0 atom stereocenters. The van der Waals surface area contributed by atoms with Gasteiger partial charge in [0.15, 0.2) is 0 Å². The van der Waals surface area contributed by atoms with Crippen LogP contribution in [0, 0.1) is 0 Å². The molecule has 0 radical (unpaired) electrons. The topological polar surface area (TPSA) is 85.4 Å². The molecule has 0 saturated carbocycles. The third-order valence-corrected chi connectivity index (χ3v) is 3.59. The lowest BCUT2D eigenvalue weighted by Crippen LogP contribution is -2.02. The maximum Gasteiger partial charge on any atom is 0.337 e. The van der Waals surface area contributed by atoms with Gasteiger partial charge in [0.05, 0.1) is 19.8 Å². The highest BCUT2D eigenvalue weighted by Gasteiger charge is 2.06. The first-order valence-corrected chi connectivity index (χ1v) is 7.86. The van der Waals surface area contributed by atoms with Crippen LogP contribution in [0.3, 0.4) is 0 Å². The lowest BCUT2D eigenvalue weighted by atomic mass is 10.2. The number of nitrogens with one attached hydrogen (secondary N) is 2. The fourth-order valence-corrected chi connectivity index (χ4v) is 2.31. The van der Waals surface area contributed by atoms with E-state index in [9.17, 15) is 4.79 Å².